The molecule has 4 N–H and O–H groups in total. The fourth-order valence-electron chi connectivity index (χ4n) is 1.49. The maximum Gasteiger partial charge on any atom is 0.338 e. The lowest BCUT2D eigenvalue weighted by Crippen LogP contribution is -2.16. The number of ether oxygens (including phenoxy) is 1. The molecule has 1 aromatic rings. The van der Waals surface area contributed by atoms with Gasteiger partial charge < -0.3 is 21.1 Å². The van der Waals surface area contributed by atoms with Crippen LogP contribution in [0.1, 0.15) is 17.3 Å². The standard InChI is InChI=1S/C15H19ClN4O2/c1-4-22-15(21)11-6-5-7-12(8-11)20-14(13(16)9-17)19-10(2)18-3/h5-9,18H,2,4,17H2,1,3H3,(H,19,20)/b13-9+. The number of nitrogens with zero attached hydrogens (tertiary/aromatic N) is 1. The van der Waals surface area contributed by atoms with Gasteiger partial charge in [-0.2, -0.15) is 0 Å². The summed E-state index contributed by atoms with van der Waals surface area (Å²) in [7, 11) is 1.69. The minimum Gasteiger partial charge on any atom is -0.462 e. The molecule has 22 heavy (non-hydrogen) atoms. The van der Waals surface area contributed by atoms with Gasteiger partial charge in [-0.15, -0.1) is 0 Å². The van der Waals surface area contributed by atoms with Gasteiger partial charge in [-0.1, -0.05) is 24.2 Å². The van der Waals surface area contributed by atoms with Crippen molar-refractivity contribution >= 4 is 29.1 Å². The monoisotopic (exact) mass is 322 g/mol. The van der Waals surface area contributed by atoms with Crippen LogP contribution in [-0.4, -0.2) is 25.5 Å². The summed E-state index contributed by atoms with van der Waals surface area (Å²) >= 11 is 6.02. The Morgan fingerprint density at radius 3 is 2.86 bits per heavy atom. The molecule has 0 saturated heterocycles. The van der Waals surface area contributed by atoms with E-state index in [0.29, 0.717) is 29.5 Å². The molecule has 1 rings (SSSR count). The van der Waals surface area contributed by atoms with Crippen LogP contribution in [0, 0.1) is 0 Å². The van der Waals surface area contributed by atoms with Crippen molar-refractivity contribution in [1.82, 2.24) is 5.32 Å². The average Bonchev–Trinajstić information content (AvgIpc) is 2.53. The molecule has 0 heterocycles. The largest absolute Gasteiger partial charge is 0.462 e. The third-order valence-electron chi connectivity index (χ3n) is 2.54. The molecule has 0 aliphatic heterocycles. The molecule has 0 aliphatic rings. The zero-order valence-electron chi connectivity index (χ0n) is 12.5. The van der Waals surface area contributed by atoms with E-state index in [1.165, 1.54) is 6.20 Å². The van der Waals surface area contributed by atoms with Crippen molar-refractivity contribution in [2.75, 3.05) is 19.0 Å². The van der Waals surface area contributed by atoms with Gasteiger partial charge in [-0.05, 0) is 25.1 Å². The Morgan fingerprint density at radius 2 is 2.27 bits per heavy atom. The van der Waals surface area contributed by atoms with Gasteiger partial charge in [0.05, 0.1) is 17.2 Å². The number of nitrogens with one attached hydrogen (secondary N) is 2. The molecule has 0 fully saturated rings. The number of aliphatic imine (C=N–C) groups is 1. The number of halogens is 1. The molecular weight excluding hydrogens is 304 g/mol. The number of hydrogen-bond acceptors (Lipinski definition) is 5. The first-order valence-corrected chi connectivity index (χ1v) is 6.97. The molecular formula is C15H19ClN4O2. The Hall–Kier alpha value is -2.47. The van der Waals surface area contributed by atoms with E-state index in [1.54, 1.807) is 38.2 Å². The second kappa shape index (κ2) is 8.74. The van der Waals surface area contributed by atoms with E-state index >= 15 is 0 Å². The molecule has 0 aromatic heterocycles. The second-order valence-corrected chi connectivity index (χ2v) is 4.51. The molecule has 0 saturated carbocycles. The molecule has 7 heteroatoms. The third kappa shape index (κ3) is 5.14. The molecule has 0 amide bonds. The molecule has 0 aliphatic carbocycles. The lowest BCUT2D eigenvalue weighted by Gasteiger charge is -2.11. The number of carbonyl (C=O) groups is 1. The smallest absolute Gasteiger partial charge is 0.338 e. The SMILES string of the molecule is C=C(/N=C(Nc1cccc(C(=O)OCC)c1)\C(Cl)=C/N)NC. The van der Waals surface area contributed by atoms with Crippen molar-refractivity contribution in [2.45, 2.75) is 6.92 Å². The number of rotatable bonds is 6. The minimum absolute atomic E-state index is 0.220. The van der Waals surface area contributed by atoms with E-state index in [1.807, 2.05) is 0 Å². The average molecular weight is 323 g/mol. The van der Waals surface area contributed by atoms with Crippen LogP contribution in [0.25, 0.3) is 0 Å². The maximum absolute atomic E-state index is 11.7. The highest BCUT2D eigenvalue weighted by Crippen LogP contribution is 2.15. The van der Waals surface area contributed by atoms with E-state index in [-0.39, 0.29) is 5.03 Å². The van der Waals surface area contributed by atoms with Crippen LogP contribution < -0.4 is 16.4 Å². The number of carbonyl (C=O) groups excluding carboxylic acids is 1. The first-order valence-electron chi connectivity index (χ1n) is 6.59. The molecule has 0 unspecified atom stereocenters. The van der Waals surface area contributed by atoms with Crippen LogP contribution in [0.5, 0.6) is 0 Å². The third-order valence-corrected chi connectivity index (χ3v) is 2.85. The minimum atomic E-state index is -0.398. The summed E-state index contributed by atoms with van der Waals surface area (Å²) in [4.78, 5) is 15.9. The summed E-state index contributed by atoms with van der Waals surface area (Å²) in [6.07, 6.45) is 1.21. The predicted molar refractivity (Wildman–Crippen MR) is 89.8 cm³/mol. The molecule has 0 radical (unpaired) electrons. The topological polar surface area (TPSA) is 88.7 Å². The van der Waals surface area contributed by atoms with Crippen molar-refractivity contribution in [3.63, 3.8) is 0 Å². The van der Waals surface area contributed by atoms with E-state index in [2.05, 4.69) is 22.2 Å². The fourth-order valence-corrected chi connectivity index (χ4v) is 1.58. The van der Waals surface area contributed by atoms with Crippen LogP contribution in [-0.2, 0) is 4.74 Å². The van der Waals surface area contributed by atoms with E-state index in [4.69, 9.17) is 22.1 Å². The highest BCUT2D eigenvalue weighted by Gasteiger charge is 2.09. The van der Waals surface area contributed by atoms with Crippen LogP contribution in [0.15, 0.2) is 52.9 Å². The number of amidine groups is 1. The van der Waals surface area contributed by atoms with Crippen molar-refractivity contribution < 1.29 is 9.53 Å². The summed E-state index contributed by atoms with van der Waals surface area (Å²) < 4.78 is 4.96. The Morgan fingerprint density at radius 1 is 1.55 bits per heavy atom. The first kappa shape index (κ1) is 17.6. The van der Waals surface area contributed by atoms with Crippen molar-refractivity contribution in [1.29, 1.82) is 0 Å². The van der Waals surface area contributed by atoms with Gasteiger partial charge in [-0.3, -0.25) is 0 Å². The van der Waals surface area contributed by atoms with Gasteiger partial charge in [0, 0.05) is 18.9 Å². The number of hydrogen-bond donors (Lipinski definition) is 3. The fraction of sp³-hybridized carbons (Fsp3) is 0.200. The van der Waals surface area contributed by atoms with Crippen LogP contribution in [0.4, 0.5) is 5.69 Å². The van der Waals surface area contributed by atoms with Gasteiger partial charge in [0.25, 0.3) is 0 Å². The van der Waals surface area contributed by atoms with E-state index in [9.17, 15) is 4.79 Å². The number of nitrogens with two attached hydrogens (primary N) is 1. The Labute approximate surface area is 134 Å². The lowest BCUT2D eigenvalue weighted by atomic mass is 10.2. The van der Waals surface area contributed by atoms with Crippen LogP contribution in [0.3, 0.4) is 0 Å². The van der Waals surface area contributed by atoms with Crippen molar-refractivity contribution in [3.8, 4) is 0 Å². The van der Waals surface area contributed by atoms with E-state index < -0.39 is 5.97 Å². The molecule has 0 spiro atoms. The quantitative estimate of drug-likeness (QED) is 0.425. The molecule has 6 nitrogen and oxygen atoms in total. The maximum atomic E-state index is 11.7. The summed E-state index contributed by atoms with van der Waals surface area (Å²) in [6, 6.07) is 6.78. The van der Waals surface area contributed by atoms with Crippen LogP contribution in [0.2, 0.25) is 0 Å². The van der Waals surface area contributed by atoms with Gasteiger partial charge in [0.15, 0.2) is 5.84 Å². The normalized spacial score (nSPS) is 11.8. The summed E-state index contributed by atoms with van der Waals surface area (Å²) in [5, 5.41) is 6.00. The van der Waals surface area contributed by atoms with Crippen molar-refractivity contribution in [2.24, 2.45) is 10.7 Å². The summed E-state index contributed by atoms with van der Waals surface area (Å²) in [5.74, 6) is 0.318. The van der Waals surface area contributed by atoms with Gasteiger partial charge >= 0.3 is 5.97 Å². The van der Waals surface area contributed by atoms with Gasteiger partial charge in [0.1, 0.15) is 5.82 Å². The Balaban J connectivity index is 3.04. The molecule has 1 aromatic carbocycles. The Bertz CT molecular complexity index is 611. The number of esters is 1. The zero-order valence-corrected chi connectivity index (χ0v) is 13.3. The highest BCUT2D eigenvalue weighted by atomic mass is 35.5. The summed E-state index contributed by atoms with van der Waals surface area (Å²) in [5.41, 5.74) is 6.46. The number of anilines is 1. The molecule has 0 atom stereocenters. The van der Waals surface area contributed by atoms with Gasteiger partial charge in [0.2, 0.25) is 0 Å². The highest BCUT2D eigenvalue weighted by molar-refractivity contribution is 6.45. The Kier molecular flexibility index (Phi) is 6.98. The summed E-state index contributed by atoms with van der Waals surface area (Å²) in [6.45, 7) is 5.76. The zero-order chi connectivity index (χ0) is 16.5. The van der Waals surface area contributed by atoms with E-state index in [0.717, 1.165) is 0 Å². The van der Waals surface area contributed by atoms with Crippen LogP contribution >= 0.6 is 11.6 Å². The van der Waals surface area contributed by atoms with Gasteiger partial charge in [-0.25, -0.2) is 9.79 Å². The first-order chi connectivity index (χ1) is 10.5. The number of benzene rings is 1. The lowest BCUT2D eigenvalue weighted by molar-refractivity contribution is 0.0526. The molecule has 118 valence electrons. The van der Waals surface area contributed by atoms with Crippen molar-refractivity contribution in [3.05, 3.63) is 53.5 Å². The predicted octanol–water partition coefficient (Wildman–Crippen LogP) is 2.40. The second-order valence-electron chi connectivity index (χ2n) is 4.10. The molecule has 0 bridgehead atoms.